The fourth-order valence-corrected chi connectivity index (χ4v) is 2.69. The second-order valence-electron chi connectivity index (χ2n) is 3.99. The topological polar surface area (TPSA) is 24.9 Å². The van der Waals surface area contributed by atoms with E-state index in [0.29, 0.717) is 8.96 Å². The minimum Gasteiger partial charge on any atom is -0.387 e. The van der Waals surface area contributed by atoms with Crippen LogP contribution in [0.4, 0.5) is 23.2 Å². The maximum Gasteiger partial charge on any atom is 0.433 e. The van der Waals surface area contributed by atoms with Crippen LogP contribution in [0.25, 0.3) is 10.9 Å². The number of alkyl halides is 3. The summed E-state index contributed by atoms with van der Waals surface area (Å²) in [5, 5.41) is 3.04. The minimum absolute atomic E-state index is 0.0381. The third-order valence-electron chi connectivity index (χ3n) is 2.77. The van der Waals surface area contributed by atoms with Crippen molar-refractivity contribution in [2.45, 2.75) is 13.1 Å². The molecule has 2 rings (SSSR count). The normalized spacial score (nSPS) is 11.9. The van der Waals surface area contributed by atoms with Gasteiger partial charge in [0.05, 0.1) is 5.52 Å². The van der Waals surface area contributed by atoms with Crippen molar-refractivity contribution in [2.24, 2.45) is 0 Å². The summed E-state index contributed by atoms with van der Waals surface area (Å²) in [6.07, 6.45) is -4.54. The Morgan fingerprint density at radius 3 is 2.42 bits per heavy atom. The van der Waals surface area contributed by atoms with Crippen molar-refractivity contribution in [1.29, 1.82) is 0 Å². The SMILES string of the molecule is CNc1c(C)c(C(F)(F)F)nc2c(I)cc(F)cc12. The average molecular weight is 384 g/mol. The summed E-state index contributed by atoms with van der Waals surface area (Å²) in [4.78, 5) is 3.66. The highest BCUT2D eigenvalue weighted by Gasteiger charge is 2.36. The zero-order valence-electron chi connectivity index (χ0n) is 9.99. The number of hydrogen-bond donors (Lipinski definition) is 1. The molecule has 1 aromatic carbocycles. The van der Waals surface area contributed by atoms with Gasteiger partial charge in [-0.05, 0) is 41.6 Å². The van der Waals surface area contributed by atoms with Gasteiger partial charge in [0.2, 0.25) is 0 Å². The van der Waals surface area contributed by atoms with Gasteiger partial charge in [-0.3, -0.25) is 0 Å². The van der Waals surface area contributed by atoms with Crippen molar-refractivity contribution in [2.75, 3.05) is 12.4 Å². The van der Waals surface area contributed by atoms with Gasteiger partial charge in [-0.2, -0.15) is 13.2 Å². The zero-order chi connectivity index (χ0) is 14.4. The first-order valence-electron chi connectivity index (χ1n) is 5.30. The van der Waals surface area contributed by atoms with Gasteiger partial charge >= 0.3 is 6.18 Å². The van der Waals surface area contributed by atoms with Crippen LogP contribution in [0, 0.1) is 16.3 Å². The molecule has 0 radical (unpaired) electrons. The molecule has 2 aromatic rings. The van der Waals surface area contributed by atoms with E-state index in [4.69, 9.17) is 0 Å². The number of fused-ring (bicyclic) bond motifs is 1. The van der Waals surface area contributed by atoms with E-state index in [-0.39, 0.29) is 16.8 Å². The van der Waals surface area contributed by atoms with E-state index in [1.165, 1.54) is 20.0 Å². The predicted octanol–water partition coefficient (Wildman–Crippen LogP) is 4.35. The molecule has 0 amide bonds. The number of anilines is 1. The van der Waals surface area contributed by atoms with Gasteiger partial charge in [-0.25, -0.2) is 9.37 Å². The van der Waals surface area contributed by atoms with E-state index >= 15 is 0 Å². The fourth-order valence-electron chi connectivity index (χ4n) is 1.98. The van der Waals surface area contributed by atoms with E-state index in [0.717, 1.165) is 6.07 Å². The molecule has 19 heavy (non-hydrogen) atoms. The number of halogens is 5. The van der Waals surface area contributed by atoms with Gasteiger partial charge in [0.25, 0.3) is 0 Å². The molecule has 1 aromatic heterocycles. The Morgan fingerprint density at radius 1 is 1.26 bits per heavy atom. The van der Waals surface area contributed by atoms with Crippen molar-refractivity contribution >= 4 is 39.2 Å². The van der Waals surface area contributed by atoms with Gasteiger partial charge in [0.15, 0.2) is 0 Å². The summed E-state index contributed by atoms with van der Waals surface area (Å²) in [6, 6.07) is 2.34. The van der Waals surface area contributed by atoms with E-state index in [9.17, 15) is 17.6 Å². The molecular weight excluding hydrogens is 375 g/mol. The molecule has 0 aliphatic rings. The van der Waals surface area contributed by atoms with Gasteiger partial charge in [-0.15, -0.1) is 0 Å². The number of rotatable bonds is 1. The van der Waals surface area contributed by atoms with E-state index in [1.54, 1.807) is 22.6 Å². The Hall–Kier alpha value is -1.12. The van der Waals surface area contributed by atoms with Crippen LogP contribution in [0.5, 0.6) is 0 Å². The molecule has 0 unspecified atom stereocenters. The smallest absolute Gasteiger partial charge is 0.387 e. The minimum atomic E-state index is -4.54. The molecule has 2 nitrogen and oxygen atoms in total. The monoisotopic (exact) mass is 384 g/mol. The third kappa shape index (κ3) is 2.47. The first-order chi connectivity index (χ1) is 8.75. The number of pyridine rings is 1. The number of benzene rings is 1. The van der Waals surface area contributed by atoms with Gasteiger partial charge in [0.1, 0.15) is 11.5 Å². The van der Waals surface area contributed by atoms with Crippen molar-refractivity contribution in [1.82, 2.24) is 4.98 Å². The van der Waals surface area contributed by atoms with Crippen LogP contribution < -0.4 is 5.32 Å². The lowest BCUT2D eigenvalue weighted by Crippen LogP contribution is -2.13. The third-order valence-corrected chi connectivity index (χ3v) is 3.59. The van der Waals surface area contributed by atoms with Crippen molar-refractivity contribution < 1.29 is 17.6 Å². The predicted molar refractivity (Wildman–Crippen MR) is 73.7 cm³/mol. The molecule has 0 aliphatic carbocycles. The number of nitrogens with one attached hydrogen (secondary N) is 1. The molecule has 1 heterocycles. The molecule has 0 fully saturated rings. The van der Waals surface area contributed by atoms with E-state index < -0.39 is 17.7 Å². The summed E-state index contributed by atoms with van der Waals surface area (Å²) >= 11 is 1.78. The largest absolute Gasteiger partial charge is 0.433 e. The number of nitrogens with zero attached hydrogens (tertiary/aromatic N) is 1. The van der Waals surface area contributed by atoms with Crippen molar-refractivity contribution in [3.63, 3.8) is 0 Å². The lowest BCUT2D eigenvalue weighted by Gasteiger charge is -2.16. The Labute approximate surface area is 120 Å². The van der Waals surface area contributed by atoms with Gasteiger partial charge in [-0.1, -0.05) is 0 Å². The molecule has 1 N–H and O–H groups in total. The molecule has 0 bridgehead atoms. The maximum absolute atomic E-state index is 13.4. The van der Waals surface area contributed by atoms with Crippen LogP contribution in [0.2, 0.25) is 0 Å². The average Bonchev–Trinajstić information content (AvgIpc) is 2.26. The van der Waals surface area contributed by atoms with Crippen molar-refractivity contribution in [3.05, 3.63) is 32.8 Å². The first-order valence-corrected chi connectivity index (χ1v) is 6.38. The van der Waals surface area contributed by atoms with Crippen LogP contribution in [0.3, 0.4) is 0 Å². The second kappa shape index (κ2) is 4.77. The fraction of sp³-hybridized carbons (Fsp3) is 0.250. The highest BCUT2D eigenvalue weighted by atomic mass is 127. The van der Waals surface area contributed by atoms with Crippen LogP contribution in [-0.4, -0.2) is 12.0 Å². The molecule has 0 saturated carbocycles. The molecule has 0 atom stereocenters. The van der Waals surface area contributed by atoms with E-state index in [2.05, 4.69) is 10.3 Å². The lowest BCUT2D eigenvalue weighted by atomic mass is 10.1. The Balaban J connectivity index is 2.95. The van der Waals surface area contributed by atoms with Crippen LogP contribution in [-0.2, 0) is 6.18 Å². The summed E-state index contributed by atoms with van der Waals surface area (Å²) in [6.45, 7) is 1.32. The number of aromatic nitrogens is 1. The molecule has 0 aliphatic heterocycles. The number of hydrogen-bond acceptors (Lipinski definition) is 2. The highest BCUT2D eigenvalue weighted by molar-refractivity contribution is 14.1. The summed E-state index contributed by atoms with van der Waals surface area (Å²) in [7, 11) is 1.50. The molecular formula is C12H9F4IN2. The lowest BCUT2D eigenvalue weighted by molar-refractivity contribution is -0.141. The Kier molecular flexibility index (Phi) is 3.59. The molecule has 102 valence electrons. The zero-order valence-corrected chi connectivity index (χ0v) is 12.1. The summed E-state index contributed by atoms with van der Waals surface area (Å²) in [5.41, 5.74) is -0.600. The maximum atomic E-state index is 13.4. The second-order valence-corrected chi connectivity index (χ2v) is 5.15. The standard InChI is InChI=1S/C12H9F4IN2/c1-5-9(18-2)7-3-6(13)4-8(17)10(7)19-11(5)12(14,15)16/h3-4H,1-2H3,(H,18,19). The van der Waals surface area contributed by atoms with Crippen molar-refractivity contribution in [3.8, 4) is 0 Å². The summed E-state index contributed by atoms with van der Waals surface area (Å²) < 4.78 is 52.6. The highest BCUT2D eigenvalue weighted by Crippen LogP contribution is 2.38. The quantitative estimate of drug-likeness (QED) is 0.585. The first kappa shape index (κ1) is 14.3. The molecule has 0 saturated heterocycles. The molecule has 0 spiro atoms. The van der Waals surface area contributed by atoms with Gasteiger partial charge in [0, 0.05) is 27.3 Å². The van der Waals surface area contributed by atoms with Crippen LogP contribution >= 0.6 is 22.6 Å². The summed E-state index contributed by atoms with van der Waals surface area (Å²) in [5.74, 6) is -0.505. The van der Waals surface area contributed by atoms with Crippen LogP contribution in [0.15, 0.2) is 12.1 Å². The Bertz CT molecular complexity index is 652. The molecule has 7 heteroatoms. The van der Waals surface area contributed by atoms with Crippen LogP contribution in [0.1, 0.15) is 11.3 Å². The Morgan fingerprint density at radius 2 is 1.89 bits per heavy atom. The van der Waals surface area contributed by atoms with Gasteiger partial charge < -0.3 is 5.32 Å². The van der Waals surface area contributed by atoms with E-state index in [1.807, 2.05) is 0 Å².